The summed E-state index contributed by atoms with van der Waals surface area (Å²) in [7, 11) is 0. The van der Waals surface area contributed by atoms with Crippen LogP contribution in [0.2, 0.25) is 0 Å². The summed E-state index contributed by atoms with van der Waals surface area (Å²) in [5.41, 5.74) is 5.37. The third kappa shape index (κ3) is 5.26. The van der Waals surface area contributed by atoms with Crippen molar-refractivity contribution >= 4 is 5.91 Å². The number of halogens is 1. The van der Waals surface area contributed by atoms with Gasteiger partial charge in [0, 0.05) is 6.54 Å². The number of nitrogens with two attached hydrogens (primary N) is 1. The van der Waals surface area contributed by atoms with Crippen molar-refractivity contribution in [1.82, 2.24) is 5.32 Å². The van der Waals surface area contributed by atoms with E-state index in [-0.39, 0.29) is 11.7 Å². The standard InChI is InChI=1S/C14H21FN2O2/c1-2-12(14(18)17-10-6-5-9-16)19-13-8-4-3-7-11(13)15/h3-4,7-8,12H,2,5-6,9-10,16H2,1H3,(H,17,18). The van der Waals surface area contributed by atoms with Crippen molar-refractivity contribution in [2.45, 2.75) is 32.3 Å². The van der Waals surface area contributed by atoms with Crippen LogP contribution < -0.4 is 15.8 Å². The van der Waals surface area contributed by atoms with Gasteiger partial charge in [-0.25, -0.2) is 4.39 Å². The summed E-state index contributed by atoms with van der Waals surface area (Å²) in [6, 6.07) is 6.07. The molecule has 0 radical (unpaired) electrons. The fourth-order valence-electron chi connectivity index (χ4n) is 1.61. The molecule has 0 aliphatic heterocycles. The number of unbranched alkanes of at least 4 members (excludes halogenated alkanes) is 1. The molecule has 4 nitrogen and oxygen atoms in total. The van der Waals surface area contributed by atoms with Crippen LogP contribution in [-0.4, -0.2) is 25.1 Å². The fourth-order valence-corrected chi connectivity index (χ4v) is 1.61. The number of nitrogens with one attached hydrogen (secondary N) is 1. The number of hydrogen-bond acceptors (Lipinski definition) is 3. The Labute approximate surface area is 113 Å². The number of hydrogen-bond donors (Lipinski definition) is 2. The molecule has 0 saturated heterocycles. The van der Waals surface area contributed by atoms with Crippen molar-refractivity contribution in [1.29, 1.82) is 0 Å². The molecule has 1 rings (SSSR count). The highest BCUT2D eigenvalue weighted by Gasteiger charge is 2.19. The van der Waals surface area contributed by atoms with Gasteiger partial charge in [0.25, 0.3) is 5.91 Å². The first-order chi connectivity index (χ1) is 9.19. The van der Waals surface area contributed by atoms with Crippen LogP contribution in [-0.2, 0) is 4.79 Å². The highest BCUT2D eigenvalue weighted by molar-refractivity contribution is 5.81. The minimum atomic E-state index is -0.672. The van der Waals surface area contributed by atoms with E-state index in [4.69, 9.17) is 10.5 Å². The summed E-state index contributed by atoms with van der Waals surface area (Å²) in [6.45, 7) is 3.00. The van der Waals surface area contributed by atoms with Gasteiger partial charge in [0.2, 0.25) is 0 Å². The smallest absolute Gasteiger partial charge is 0.261 e. The van der Waals surface area contributed by atoms with Crippen molar-refractivity contribution in [3.63, 3.8) is 0 Å². The summed E-state index contributed by atoms with van der Waals surface area (Å²) in [6.07, 6.45) is 1.51. The number of para-hydroxylation sites is 1. The lowest BCUT2D eigenvalue weighted by molar-refractivity contribution is -0.128. The van der Waals surface area contributed by atoms with E-state index in [0.717, 1.165) is 12.8 Å². The summed E-state index contributed by atoms with van der Waals surface area (Å²) < 4.78 is 18.8. The zero-order valence-electron chi connectivity index (χ0n) is 11.2. The highest BCUT2D eigenvalue weighted by atomic mass is 19.1. The quantitative estimate of drug-likeness (QED) is 0.707. The first-order valence-corrected chi connectivity index (χ1v) is 6.58. The number of rotatable bonds is 8. The Hall–Kier alpha value is -1.62. The van der Waals surface area contributed by atoms with Crippen LogP contribution in [0.15, 0.2) is 24.3 Å². The van der Waals surface area contributed by atoms with E-state index in [0.29, 0.717) is 19.5 Å². The highest BCUT2D eigenvalue weighted by Crippen LogP contribution is 2.18. The molecular formula is C14H21FN2O2. The van der Waals surface area contributed by atoms with Crippen LogP contribution in [0, 0.1) is 5.82 Å². The molecule has 106 valence electrons. The normalized spacial score (nSPS) is 11.9. The predicted octanol–water partition coefficient (Wildman–Crippen LogP) is 1.84. The van der Waals surface area contributed by atoms with Crippen molar-refractivity contribution in [3.05, 3.63) is 30.1 Å². The topological polar surface area (TPSA) is 64.3 Å². The lowest BCUT2D eigenvalue weighted by Crippen LogP contribution is -2.38. The molecule has 0 bridgehead atoms. The Morgan fingerprint density at radius 3 is 2.79 bits per heavy atom. The minimum Gasteiger partial charge on any atom is -0.478 e. The van der Waals surface area contributed by atoms with Gasteiger partial charge in [-0.15, -0.1) is 0 Å². The lowest BCUT2D eigenvalue weighted by atomic mass is 10.2. The molecule has 0 saturated carbocycles. The van der Waals surface area contributed by atoms with Gasteiger partial charge in [-0.2, -0.15) is 0 Å². The Balaban J connectivity index is 2.48. The van der Waals surface area contributed by atoms with Gasteiger partial charge >= 0.3 is 0 Å². The van der Waals surface area contributed by atoms with Crippen LogP contribution in [0.5, 0.6) is 5.75 Å². The fraction of sp³-hybridized carbons (Fsp3) is 0.500. The summed E-state index contributed by atoms with van der Waals surface area (Å²) in [5, 5.41) is 2.77. The molecule has 1 atom stereocenters. The largest absolute Gasteiger partial charge is 0.478 e. The molecule has 0 fully saturated rings. The SMILES string of the molecule is CCC(Oc1ccccc1F)C(=O)NCCCCN. The summed E-state index contributed by atoms with van der Waals surface area (Å²) in [4.78, 5) is 11.9. The third-order valence-electron chi connectivity index (χ3n) is 2.70. The van der Waals surface area contributed by atoms with Gasteiger partial charge in [0.1, 0.15) is 0 Å². The van der Waals surface area contributed by atoms with Gasteiger partial charge in [0.05, 0.1) is 0 Å². The Bertz CT molecular complexity index is 399. The van der Waals surface area contributed by atoms with E-state index in [2.05, 4.69) is 5.32 Å². The van der Waals surface area contributed by atoms with E-state index in [1.54, 1.807) is 12.1 Å². The van der Waals surface area contributed by atoms with Crippen molar-refractivity contribution < 1.29 is 13.9 Å². The van der Waals surface area contributed by atoms with Gasteiger partial charge in [-0.1, -0.05) is 19.1 Å². The second kappa shape index (κ2) is 8.48. The van der Waals surface area contributed by atoms with E-state index in [1.165, 1.54) is 12.1 Å². The third-order valence-corrected chi connectivity index (χ3v) is 2.70. The average molecular weight is 268 g/mol. The Kier molecular flexibility index (Phi) is 6.89. The van der Waals surface area contributed by atoms with Gasteiger partial charge in [-0.05, 0) is 37.9 Å². The van der Waals surface area contributed by atoms with Crippen molar-refractivity contribution in [2.24, 2.45) is 5.73 Å². The van der Waals surface area contributed by atoms with E-state index in [1.807, 2.05) is 6.92 Å². The van der Waals surface area contributed by atoms with Crippen LogP contribution in [0.25, 0.3) is 0 Å². The van der Waals surface area contributed by atoms with E-state index >= 15 is 0 Å². The maximum absolute atomic E-state index is 13.4. The summed E-state index contributed by atoms with van der Waals surface area (Å²) >= 11 is 0. The molecule has 0 heterocycles. The van der Waals surface area contributed by atoms with Crippen LogP contribution in [0.4, 0.5) is 4.39 Å². The van der Waals surface area contributed by atoms with Crippen molar-refractivity contribution in [3.8, 4) is 5.75 Å². The zero-order chi connectivity index (χ0) is 14.1. The predicted molar refractivity (Wildman–Crippen MR) is 72.4 cm³/mol. The number of carbonyl (C=O) groups is 1. The van der Waals surface area contributed by atoms with Crippen LogP contribution >= 0.6 is 0 Å². The summed E-state index contributed by atoms with van der Waals surface area (Å²) in [5.74, 6) is -0.578. The molecule has 1 amide bonds. The Morgan fingerprint density at radius 1 is 1.42 bits per heavy atom. The number of amides is 1. The molecule has 0 aliphatic rings. The van der Waals surface area contributed by atoms with Crippen molar-refractivity contribution in [2.75, 3.05) is 13.1 Å². The molecule has 1 aromatic carbocycles. The van der Waals surface area contributed by atoms with Crippen LogP contribution in [0.3, 0.4) is 0 Å². The lowest BCUT2D eigenvalue weighted by Gasteiger charge is -2.17. The second-order valence-corrected chi connectivity index (χ2v) is 4.23. The number of carbonyl (C=O) groups excluding carboxylic acids is 1. The molecule has 0 aliphatic carbocycles. The molecular weight excluding hydrogens is 247 g/mol. The molecule has 5 heteroatoms. The second-order valence-electron chi connectivity index (χ2n) is 4.23. The molecule has 19 heavy (non-hydrogen) atoms. The monoisotopic (exact) mass is 268 g/mol. The minimum absolute atomic E-state index is 0.103. The maximum atomic E-state index is 13.4. The first kappa shape index (κ1) is 15.4. The zero-order valence-corrected chi connectivity index (χ0v) is 11.2. The molecule has 1 aromatic rings. The Morgan fingerprint density at radius 2 is 2.16 bits per heavy atom. The molecule has 0 spiro atoms. The average Bonchev–Trinajstić information content (AvgIpc) is 2.42. The first-order valence-electron chi connectivity index (χ1n) is 6.58. The van der Waals surface area contributed by atoms with Gasteiger partial charge in [0.15, 0.2) is 17.7 Å². The van der Waals surface area contributed by atoms with E-state index < -0.39 is 11.9 Å². The molecule has 1 unspecified atom stereocenters. The maximum Gasteiger partial charge on any atom is 0.261 e. The van der Waals surface area contributed by atoms with Gasteiger partial charge in [-0.3, -0.25) is 4.79 Å². The number of ether oxygens (including phenoxy) is 1. The number of benzene rings is 1. The van der Waals surface area contributed by atoms with Gasteiger partial charge < -0.3 is 15.8 Å². The molecule has 0 aromatic heterocycles. The van der Waals surface area contributed by atoms with Crippen LogP contribution in [0.1, 0.15) is 26.2 Å². The van der Waals surface area contributed by atoms with E-state index in [9.17, 15) is 9.18 Å². The molecule has 3 N–H and O–H groups in total.